The molecular weight excluding hydrogens is 112 g/mol. The van der Waals surface area contributed by atoms with Gasteiger partial charge in [-0.1, -0.05) is 18.2 Å². The van der Waals surface area contributed by atoms with E-state index >= 15 is 0 Å². The van der Waals surface area contributed by atoms with Crippen molar-refractivity contribution in [3.63, 3.8) is 0 Å². The van der Waals surface area contributed by atoms with Crippen molar-refractivity contribution < 1.29 is 4.74 Å². The lowest BCUT2D eigenvalue weighted by molar-refractivity contribution is 0.184. The van der Waals surface area contributed by atoms with E-state index in [1.165, 1.54) is 5.56 Å². The Kier molecular flexibility index (Phi) is 1.73. The number of benzene rings is 1. The van der Waals surface area contributed by atoms with Crippen LogP contribution in [0, 0.1) is 14.0 Å². The van der Waals surface area contributed by atoms with E-state index in [0.717, 1.165) is 5.75 Å². The van der Waals surface area contributed by atoms with Gasteiger partial charge in [0.05, 0.1) is 0 Å². The van der Waals surface area contributed by atoms with Gasteiger partial charge in [-0.05, 0) is 14.0 Å². The molecule has 0 saturated carbocycles. The van der Waals surface area contributed by atoms with E-state index in [0.29, 0.717) is 0 Å². The third-order valence-electron chi connectivity index (χ3n) is 1.29. The molecule has 0 aliphatic heterocycles. The van der Waals surface area contributed by atoms with Crippen molar-refractivity contribution in [3.8, 4) is 5.75 Å². The van der Waals surface area contributed by atoms with Gasteiger partial charge in [-0.25, -0.2) is 0 Å². The summed E-state index contributed by atoms with van der Waals surface area (Å²) in [6.07, 6.45) is 0. The maximum absolute atomic E-state index is 3.82. The van der Waals surface area contributed by atoms with E-state index in [9.17, 15) is 0 Å². The minimum atomic E-state index is 0.970. The van der Waals surface area contributed by atoms with Crippen molar-refractivity contribution in [1.82, 2.24) is 0 Å². The van der Waals surface area contributed by atoms with Gasteiger partial charge in [0.2, 0.25) is 5.75 Å². The van der Waals surface area contributed by atoms with Crippen molar-refractivity contribution in [2.45, 2.75) is 6.92 Å². The highest BCUT2D eigenvalue weighted by atomic mass is 16.5. The first-order valence-corrected chi connectivity index (χ1v) is 2.87. The fourth-order valence-electron chi connectivity index (χ4n) is 0.741. The third kappa shape index (κ3) is 1.22. The Morgan fingerprint density at radius 1 is 1.33 bits per heavy atom. The van der Waals surface area contributed by atoms with Gasteiger partial charge in [0, 0.05) is 11.6 Å². The minimum Gasteiger partial charge on any atom is -0.722 e. The van der Waals surface area contributed by atoms with Crippen LogP contribution in [0.15, 0.2) is 24.3 Å². The smallest absolute Gasteiger partial charge is 0.228 e. The quantitative estimate of drug-likeness (QED) is 0.399. The van der Waals surface area contributed by atoms with Crippen LogP contribution >= 0.6 is 0 Å². The zero-order valence-electron chi connectivity index (χ0n) is 5.46. The third-order valence-corrected chi connectivity index (χ3v) is 1.29. The molecule has 1 aromatic carbocycles. The van der Waals surface area contributed by atoms with Gasteiger partial charge in [-0.15, -0.1) is 0 Å². The Hall–Kier alpha value is -0.980. The molecule has 0 atom stereocenters. The van der Waals surface area contributed by atoms with Crippen molar-refractivity contribution in [3.05, 3.63) is 36.9 Å². The largest absolute Gasteiger partial charge is 0.722 e. The Labute approximate surface area is 55.3 Å². The van der Waals surface area contributed by atoms with Gasteiger partial charge in [0.15, 0.2) is 0 Å². The number of hydrogen-bond acceptors (Lipinski definition) is 0. The number of aryl methyl sites for hydroxylation is 1. The van der Waals surface area contributed by atoms with Crippen LogP contribution in [0.5, 0.6) is 5.75 Å². The van der Waals surface area contributed by atoms with Gasteiger partial charge in [0.25, 0.3) is 0 Å². The van der Waals surface area contributed by atoms with Crippen molar-refractivity contribution in [1.29, 1.82) is 0 Å². The fourth-order valence-corrected chi connectivity index (χ4v) is 0.741. The van der Waals surface area contributed by atoms with Crippen LogP contribution in [0.4, 0.5) is 0 Å². The maximum Gasteiger partial charge on any atom is 0.228 e. The molecule has 1 nitrogen and oxygen atoms in total. The minimum absolute atomic E-state index is 0.970. The number of ether oxygens (including phenoxy) is 1. The van der Waals surface area contributed by atoms with Gasteiger partial charge in [-0.3, -0.25) is 0 Å². The standard InChI is InChI=1S/C8H10O/c1-7-5-3-4-6-8(7)9-2/h3-6,9H,2H2,1H3. The second-order valence-electron chi connectivity index (χ2n) is 1.94. The van der Waals surface area contributed by atoms with Crippen molar-refractivity contribution in [2.75, 3.05) is 0 Å². The van der Waals surface area contributed by atoms with Crippen LogP contribution in [-0.4, -0.2) is 4.74 Å². The Bertz CT molecular complexity index is 194. The normalized spacial score (nSPS) is 9.11. The monoisotopic (exact) mass is 122 g/mol. The van der Waals surface area contributed by atoms with Gasteiger partial charge in [-0.2, -0.15) is 0 Å². The van der Waals surface area contributed by atoms with Crippen LogP contribution < -0.4 is 0 Å². The molecule has 0 aliphatic rings. The number of para-hydroxylation sites is 1. The Morgan fingerprint density at radius 2 is 2.00 bits per heavy atom. The van der Waals surface area contributed by atoms with Crippen LogP contribution in [0.3, 0.4) is 0 Å². The lowest BCUT2D eigenvalue weighted by atomic mass is 10.2. The zero-order valence-corrected chi connectivity index (χ0v) is 5.46. The van der Waals surface area contributed by atoms with E-state index in [1.54, 1.807) is 0 Å². The van der Waals surface area contributed by atoms with Gasteiger partial charge < -0.3 is 4.74 Å². The van der Waals surface area contributed by atoms with E-state index in [1.807, 2.05) is 31.2 Å². The van der Waals surface area contributed by atoms with Crippen LogP contribution in [0.1, 0.15) is 5.56 Å². The van der Waals surface area contributed by atoms with E-state index in [4.69, 9.17) is 0 Å². The number of aliphatic hydroxyl groups is 1. The first kappa shape index (κ1) is 6.14. The zero-order chi connectivity index (χ0) is 6.69. The molecule has 0 heterocycles. The topological polar surface area (TPSA) is 12.8 Å². The SMILES string of the molecule is [CH2-][OH+]c1ccccc1C. The molecule has 0 unspecified atom stereocenters. The van der Waals surface area contributed by atoms with Crippen LogP contribution in [0.25, 0.3) is 0 Å². The summed E-state index contributed by atoms with van der Waals surface area (Å²) in [5, 5.41) is 0. The molecular formula is C8H10O. The average molecular weight is 122 g/mol. The summed E-state index contributed by atoms with van der Waals surface area (Å²) in [4.78, 5) is 0. The molecule has 0 bridgehead atoms. The molecule has 0 aromatic heterocycles. The van der Waals surface area contributed by atoms with Gasteiger partial charge >= 0.3 is 0 Å². The van der Waals surface area contributed by atoms with E-state index in [2.05, 4.69) is 11.8 Å². The molecule has 0 amide bonds. The molecule has 48 valence electrons. The summed E-state index contributed by atoms with van der Waals surface area (Å²) in [6.45, 7) is 2.02. The second-order valence-corrected chi connectivity index (χ2v) is 1.94. The first-order valence-electron chi connectivity index (χ1n) is 2.87. The highest BCUT2D eigenvalue weighted by Crippen LogP contribution is 2.15. The number of rotatable bonds is 1. The summed E-state index contributed by atoms with van der Waals surface area (Å²) in [7, 11) is 3.44. The van der Waals surface area contributed by atoms with Crippen molar-refractivity contribution in [2.24, 2.45) is 0 Å². The highest BCUT2D eigenvalue weighted by molar-refractivity contribution is 5.30. The highest BCUT2D eigenvalue weighted by Gasteiger charge is 1.93. The van der Waals surface area contributed by atoms with E-state index < -0.39 is 0 Å². The second kappa shape index (κ2) is 2.53. The van der Waals surface area contributed by atoms with Crippen LogP contribution in [0.2, 0.25) is 0 Å². The van der Waals surface area contributed by atoms with E-state index in [-0.39, 0.29) is 0 Å². The summed E-state index contributed by atoms with van der Waals surface area (Å²) < 4.78 is 3.82. The summed E-state index contributed by atoms with van der Waals surface area (Å²) in [6, 6.07) is 7.91. The summed E-state index contributed by atoms with van der Waals surface area (Å²) in [5.74, 6) is 0.970. The lowest BCUT2D eigenvalue weighted by Crippen LogP contribution is -1.77. The molecule has 9 heavy (non-hydrogen) atoms. The fraction of sp³-hybridized carbons (Fsp3) is 0.125. The average Bonchev–Trinajstić information content (AvgIpc) is 1.89. The molecule has 1 rings (SSSR count). The Balaban J connectivity index is 3.01. The Morgan fingerprint density at radius 3 is 2.44 bits per heavy atom. The molecule has 0 radical (unpaired) electrons. The molecule has 1 N–H and O–H groups in total. The molecule has 1 aromatic rings. The molecule has 0 saturated heterocycles. The molecule has 0 aliphatic carbocycles. The number of hydrogen-bond donors (Lipinski definition) is 0. The lowest BCUT2D eigenvalue weighted by Gasteiger charge is -2.04. The van der Waals surface area contributed by atoms with Gasteiger partial charge in [0.1, 0.15) is 0 Å². The summed E-state index contributed by atoms with van der Waals surface area (Å²) in [5.41, 5.74) is 1.17. The number of aromatic hydroxyl groups is 1. The predicted molar refractivity (Wildman–Crippen MR) is 38.2 cm³/mol. The van der Waals surface area contributed by atoms with Crippen molar-refractivity contribution >= 4 is 0 Å². The molecule has 0 fully saturated rings. The van der Waals surface area contributed by atoms with Crippen LogP contribution in [-0.2, 0) is 0 Å². The molecule has 1 heteroatoms. The molecule has 0 spiro atoms. The maximum atomic E-state index is 3.82. The first-order chi connectivity index (χ1) is 4.34. The predicted octanol–water partition coefficient (Wildman–Crippen LogP) is 2.03. The summed E-state index contributed by atoms with van der Waals surface area (Å²) >= 11 is 0.